The Morgan fingerprint density at radius 1 is 1.37 bits per heavy atom. The van der Waals surface area contributed by atoms with Crippen LogP contribution in [0.3, 0.4) is 0 Å². The molecule has 2 N–H and O–H groups in total. The summed E-state index contributed by atoms with van der Waals surface area (Å²) >= 11 is 1.32. The summed E-state index contributed by atoms with van der Waals surface area (Å²) in [6.45, 7) is 0. The molecule has 0 spiro atoms. The predicted octanol–water partition coefficient (Wildman–Crippen LogP) is 2.25. The Labute approximate surface area is 113 Å². The number of carboxylic acid groups (broad SMARTS) is 1. The fourth-order valence-electron chi connectivity index (χ4n) is 1.47. The van der Waals surface area contributed by atoms with Gasteiger partial charge in [0.15, 0.2) is 0 Å². The summed E-state index contributed by atoms with van der Waals surface area (Å²) in [7, 11) is 0. The molecule has 1 atom stereocenters. The maximum Gasteiger partial charge on any atom is 0.326 e. The summed E-state index contributed by atoms with van der Waals surface area (Å²) in [5.74, 6) is -2.15. The molecular weight excluding hydrogens is 276 g/mol. The SMILES string of the molecule is CSc1ccccc1C(=O)NC(CC(F)F)C(=O)O. The number of hydrogen-bond acceptors (Lipinski definition) is 3. The first kappa shape index (κ1) is 15.4. The number of thioether (sulfide) groups is 1. The number of nitrogens with one attached hydrogen (secondary N) is 1. The van der Waals surface area contributed by atoms with Crippen LogP contribution in [0, 0.1) is 0 Å². The second-order valence-corrected chi connectivity index (χ2v) is 4.54. The van der Waals surface area contributed by atoms with Crippen LogP contribution in [-0.4, -0.2) is 35.7 Å². The van der Waals surface area contributed by atoms with Crippen molar-refractivity contribution in [3.8, 4) is 0 Å². The van der Waals surface area contributed by atoms with E-state index in [4.69, 9.17) is 5.11 Å². The topological polar surface area (TPSA) is 66.4 Å². The molecule has 1 aromatic carbocycles. The maximum absolute atomic E-state index is 12.2. The van der Waals surface area contributed by atoms with E-state index in [-0.39, 0.29) is 5.56 Å². The molecule has 0 saturated carbocycles. The van der Waals surface area contributed by atoms with Crippen LogP contribution in [0.15, 0.2) is 29.2 Å². The summed E-state index contributed by atoms with van der Waals surface area (Å²) in [4.78, 5) is 23.3. The minimum atomic E-state index is -2.79. The maximum atomic E-state index is 12.2. The molecule has 1 rings (SSSR count). The zero-order valence-corrected chi connectivity index (χ0v) is 10.9. The van der Waals surface area contributed by atoms with Gasteiger partial charge in [0.25, 0.3) is 5.91 Å². The number of hydrogen-bond donors (Lipinski definition) is 2. The second kappa shape index (κ2) is 7.08. The van der Waals surface area contributed by atoms with E-state index in [2.05, 4.69) is 5.32 Å². The number of carbonyl (C=O) groups excluding carboxylic acids is 1. The van der Waals surface area contributed by atoms with E-state index >= 15 is 0 Å². The van der Waals surface area contributed by atoms with Crippen molar-refractivity contribution in [3.63, 3.8) is 0 Å². The first-order chi connectivity index (χ1) is 8.95. The molecule has 1 unspecified atom stereocenters. The highest BCUT2D eigenvalue weighted by Crippen LogP contribution is 2.20. The highest BCUT2D eigenvalue weighted by Gasteiger charge is 2.25. The van der Waals surface area contributed by atoms with Crippen molar-refractivity contribution in [2.45, 2.75) is 23.8 Å². The van der Waals surface area contributed by atoms with Gasteiger partial charge in [-0.2, -0.15) is 0 Å². The molecule has 19 heavy (non-hydrogen) atoms. The minimum Gasteiger partial charge on any atom is -0.480 e. The first-order valence-electron chi connectivity index (χ1n) is 5.40. The molecule has 7 heteroatoms. The van der Waals surface area contributed by atoms with Crippen LogP contribution in [0.25, 0.3) is 0 Å². The van der Waals surface area contributed by atoms with E-state index in [0.717, 1.165) is 0 Å². The highest BCUT2D eigenvalue weighted by atomic mass is 32.2. The van der Waals surface area contributed by atoms with Crippen molar-refractivity contribution in [2.24, 2.45) is 0 Å². The van der Waals surface area contributed by atoms with Gasteiger partial charge in [-0.15, -0.1) is 11.8 Å². The Balaban J connectivity index is 2.84. The Morgan fingerprint density at radius 2 is 2.00 bits per heavy atom. The number of carbonyl (C=O) groups is 2. The van der Waals surface area contributed by atoms with E-state index in [1.54, 1.807) is 24.5 Å². The molecule has 0 heterocycles. The van der Waals surface area contributed by atoms with Crippen molar-refractivity contribution in [2.75, 3.05) is 6.26 Å². The molecule has 1 amide bonds. The van der Waals surface area contributed by atoms with E-state index in [9.17, 15) is 18.4 Å². The molecule has 0 aliphatic heterocycles. The van der Waals surface area contributed by atoms with Crippen LogP contribution in [0.4, 0.5) is 8.78 Å². The number of carboxylic acids is 1. The van der Waals surface area contributed by atoms with Gasteiger partial charge in [-0.1, -0.05) is 12.1 Å². The average molecular weight is 289 g/mol. The summed E-state index contributed by atoms with van der Waals surface area (Å²) in [5, 5.41) is 10.9. The molecule has 4 nitrogen and oxygen atoms in total. The lowest BCUT2D eigenvalue weighted by Crippen LogP contribution is -2.42. The second-order valence-electron chi connectivity index (χ2n) is 3.69. The Kier molecular flexibility index (Phi) is 5.75. The normalized spacial score (nSPS) is 12.2. The number of benzene rings is 1. The third-order valence-corrected chi connectivity index (χ3v) is 3.16. The molecule has 0 aromatic heterocycles. The smallest absolute Gasteiger partial charge is 0.326 e. The van der Waals surface area contributed by atoms with Gasteiger partial charge in [0.1, 0.15) is 6.04 Å². The van der Waals surface area contributed by atoms with Crippen molar-refractivity contribution in [1.82, 2.24) is 5.32 Å². The number of halogens is 2. The highest BCUT2D eigenvalue weighted by molar-refractivity contribution is 7.98. The van der Waals surface area contributed by atoms with Crippen molar-refractivity contribution < 1.29 is 23.5 Å². The van der Waals surface area contributed by atoms with E-state index < -0.39 is 30.8 Å². The lowest BCUT2D eigenvalue weighted by Gasteiger charge is -2.15. The van der Waals surface area contributed by atoms with Crippen molar-refractivity contribution >= 4 is 23.6 Å². The Hall–Kier alpha value is -1.63. The molecule has 104 valence electrons. The zero-order valence-electron chi connectivity index (χ0n) is 10.1. The summed E-state index contributed by atoms with van der Waals surface area (Å²) in [6, 6.07) is 4.97. The lowest BCUT2D eigenvalue weighted by molar-refractivity contribution is -0.140. The van der Waals surface area contributed by atoms with Crippen LogP contribution in [-0.2, 0) is 4.79 Å². The van der Waals surface area contributed by atoms with Gasteiger partial charge in [0.2, 0.25) is 6.43 Å². The molecule has 1 aromatic rings. The third kappa shape index (κ3) is 4.51. The standard InChI is InChI=1S/C12H13F2NO3S/c1-19-9-5-3-2-4-7(9)11(16)15-8(12(17)18)6-10(13)14/h2-5,8,10H,6H2,1H3,(H,15,16)(H,17,18). The number of aliphatic carboxylic acids is 1. The molecule has 0 fully saturated rings. The Bertz CT molecular complexity index is 468. The predicted molar refractivity (Wildman–Crippen MR) is 67.7 cm³/mol. The van der Waals surface area contributed by atoms with Gasteiger partial charge < -0.3 is 10.4 Å². The van der Waals surface area contributed by atoms with Crippen LogP contribution in [0.5, 0.6) is 0 Å². The molecule has 0 aliphatic rings. The van der Waals surface area contributed by atoms with Crippen molar-refractivity contribution in [3.05, 3.63) is 29.8 Å². The number of amides is 1. The van der Waals surface area contributed by atoms with E-state index in [1.165, 1.54) is 17.8 Å². The lowest BCUT2D eigenvalue weighted by atomic mass is 10.1. The Morgan fingerprint density at radius 3 is 2.53 bits per heavy atom. The number of alkyl halides is 2. The molecular formula is C12H13F2NO3S. The van der Waals surface area contributed by atoms with Gasteiger partial charge in [-0.3, -0.25) is 4.79 Å². The molecule has 0 bridgehead atoms. The fraction of sp³-hybridized carbons (Fsp3) is 0.333. The van der Waals surface area contributed by atoms with Gasteiger partial charge in [-0.25, -0.2) is 13.6 Å². The molecule has 0 saturated heterocycles. The molecule has 0 radical (unpaired) electrons. The third-order valence-electron chi connectivity index (χ3n) is 2.37. The monoisotopic (exact) mass is 289 g/mol. The van der Waals surface area contributed by atoms with Gasteiger partial charge in [0, 0.05) is 11.3 Å². The zero-order chi connectivity index (χ0) is 14.4. The fourth-order valence-corrected chi connectivity index (χ4v) is 2.06. The van der Waals surface area contributed by atoms with Crippen LogP contribution in [0.2, 0.25) is 0 Å². The van der Waals surface area contributed by atoms with Gasteiger partial charge >= 0.3 is 5.97 Å². The van der Waals surface area contributed by atoms with Crippen LogP contribution in [0.1, 0.15) is 16.8 Å². The first-order valence-corrected chi connectivity index (χ1v) is 6.63. The summed E-state index contributed by atoms with van der Waals surface area (Å²) < 4.78 is 24.4. The van der Waals surface area contributed by atoms with Gasteiger partial charge in [-0.05, 0) is 18.4 Å². The van der Waals surface area contributed by atoms with Gasteiger partial charge in [0.05, 0.1) is 5.56 Å². The minimum absolute atomic E-state index is 0.274. The summed E-state index contributed by atoms with van der Waals surface area (Å²) in [6.07, 6.45) is -1.94. The number of rotatable bonds is 6. The van der Waals surface area contributed by atoms with Crippen molar-refractivity contribution in [1.29, 1.82) is 0 Å². The van der Waals surface area contributed by atoms with E-state index in [0.29, 0.717) is 4.90 Å². The average Bonchev–Trinajstić information content (AvgIpc) is 2.37. The van der Waals surface area contributed by atoms with E-state index in [1.807, 2.05) is 0 Å². The largest absolute Gasteiger partial charge is 0.480 e. The van der Waals surface area contributed by atoms with Crippen LogP contribution >= 0.6 is 11.8 Å². The van der Waals surface area contributed by atoms with Crippen LogP contribution < -0.4 is 5.32 Å². The quantitative estimate of drug-likeness (QED) is 0.788. The summed E-state index contributed by atoms with van der Waals surface area (Å²) in [5.41, 5.74) is 0.274. The molecule has 0 aliphatic carbocycles.